The van der Waals surface area contributed by atoms with E-state index in [0.717, 1.165) is 6.54 Å². The summed E-state index contributed by atoms with van der Waals surface area (Å²) < 4.78 is 0. The van der Waals surface area contributed by atoms with Crippen LogP contribution in [0.3, 0.4) is 0 Å². The molecule has 98 valence electrons. The second-order valence-electron chi connectivity index (χ2n) is 4.67. The average Bonchev–Trinajstić information content (AvgIpc) is 2.44. The van der Waals surface area contributed by atoms with Crippen molar-refractivity contribution in [2.45, 2.75) is 20.8 Å². The third-order valence-corrected chi connectivity index (χ3v) is 3.23. The predicted octanol–water partition coefficient (Wildman–Crippen LogP) is 5.19. The summed E-state index contributed by atoms with van der Waals surface area (Å²) in [5.74, 6) is 0. The normalized spacial score (nSPS) is 10.9. The van der Waals surface area contributed by atoms with Gasteiger partial charge in [-0.2, -0.15) is 0 Å². The van der Waals surface area contributed by atoms with Gasteiger partial charge in [0.1, 0.15) is 0 Å². The Morgan fingerprint density at radius 1 is 0.895 bits per heavy atom. The van der Waals surface area contributed by atoms with Gasteiger partial charge in [0.2, 0.25) is 0 Å². The van der Waals surface area contributed by atoms with Gasteiger partial charge in [-0.15, -0.1) is 0 Å². The van der Waals surface area contributed by atoms with E-state index < -0.39 is 0 Å². The van der Waals surface area contributed by atoms with Crippen LogP contribution < -0.4 is 4.90 Å². The molecule has 0 heterocycles. The number of nitrogens with zero attached hydrogens (tertiary/aromatic N) is 1. The minimum absolute atomic E-state index is 0.964. The second kappa shape index (κ2) is 6.24. The maximum absolute atomic E-state index is 2.32. The lowest BCUT2D eigenvalue weighted by Gasteiger charge is -2.23. The van der Waals surface area contributed by atoms with Crippen LogP contribution in [-0.4, -0.2) is 6.54 Å². The fraction of sp³-hybridized carbons (Fsp3) is 0.222. The minimum atomic E-state index is 0.964. The predicted molar refractivity (Wildman–Crippen MR) is 85.0 cm³/mol. The number of rotatable bonds is 4. The highest BCUT2D eigenvalue weighted by molar-refractivity contribution is 5.65. The van der Waals surface area contributed by atoms with Crippen molar-refractivity contribution in [2.75, 3.05) is 11.4 Å². The first-order valence-electron chi connectivity index (χ1n) is 6.81. The van der Waals surface area contributed by atoms with Gasteiger partial charge >= 0.3 is 0 Å². The third-order valence-electron chi connectivity index (χ3n) is 3.23. The standard InChI is InChI=1S/C18H21N/c1-4-6-16-9-13-18(14-10-16)19(5-2)17-11-7-15(3)8-12-17/h4,6-14H,5H2,1-3H3/b6-4+. The van der Waals surface area contributed by atoms with Crippen molar-refractivity contribution in [1.29, 1.82) is 0 Å². The van der Waals surface area contributed by atoms with Gasteiger partial charge in [-0.3, -0.25) is 0 Å². The van der Waals surface area contributed by atoms with Crippen LogP contribution in [0.2, 0.25) is 0 Å². The van der Waals surface area contributed by atoms with Crippen LogP contribution in [0.5, 0.6) is 0 Å². The molecule has 0 spiro atoms. The first kappa shape index (κ1) is 13.4. The molecule has 0 atom stereocenters. The number of allylic oxidation sites excluding steroid dienone is 1. The molecule has 0 bridgehead atoms. The molecule has 2 aromatic carbocycles. The largest absolute Gasteiger partial charge is 0.342 e. The first-order chi connectivity index (χ1) is 9.24. The van der Waals surface area contributed by atoms with E-state index in [4.69, 9.17) is 0 Å². The fourth-order valence-corrected chi connectivity index (χ4v) is 2.20. The Labute approximate surface area is 116 Å². The van der Waals surface area contributed by atoms with Crippen LogP contribution in [0.4, 0.5) is 11.4 Å². The smallest absolute Gasteiger partial charge is 0.0411 e. The molecule has 0 amide bonds. The van der Waals surface area contributed by atoms with Gasteiger partial charge in [0, 0.05) is 17.9 Å². The molecule has 0 fully saturated rings. The summed E-state index contributed by atoms with van der Waals surface area (Å²) in [4.78, 5) is 2.32. The van der Waals surface area contributed by atoms with Crippen molar-refractivity contribution in [3.05, 3.63) is 65.7 Å². The molecule has 0 aliphatic rings. The molecule has 19 heavy (non-hydrogen) atoms. The Morgan fingerprint density at radius 2 is 1.42 bits per heavy atom. The topological polar surface area (TPSA) is 3.24 Å². The Kier molecular flexibility index (Phi) is 4.40. The highest BCUT2D eigenvalue weighted by Crippen LogP contribution is 2.25. The van der Waals surface area contributed by atoms with Crippen LogP contribution >= 0.6 is 0 Å². The number of benzene rings is 2. The van der Waals surface area contributed by atoms with Crippen molar-refractivity contribution in [3.8, 4) is 0 Å². The molecule has 2 aromatic rings. The molecule has 2 rings (SSSR count). The molecule has 1 nitrogen and oxygen atoms in total. The zero-order valence-electron chi connectivity index (χ0n) is 11.9. The molecule has 1 heteroatoms. The molecule has 0 saturated carbocycles. The van der Waals surface area contributed by atoms with Gasteiger partial charge in [0.15, 0.2) is 0 Å². The second-order valence-corrected chi connectivity index (χ2v) is 4.67. The molecule has 0 aliphatic heterocycles. The Morgan fingerprint density at radius 3 is 1.89 bits per heavy atom. The molecule has 0 unspecified atom stereocenters. The summed E-state index contributed by atoms with van der Waals surface area (Å²) >= 11 is 0. The number of anilines is 2. The van der Waals surface area contributed by atoms with Crippen LogP contribution in [0.15, 0.2) is 54.6 Å². The zero-order valence-corrected chi connectivity index (χ0v) is 11.9. The lowest BCUT2D eigenvalue weighted by Crippen LogP contribution is -2.15. The van der Waals surface area contributed by atoms with Crippen molar-refractivity contribution in [1.82, 2.24) is 0 Å². The van der Waals surface area contributed by atoms with E-state index in [-0.39, 0.29) is 0 Å². The third kappa shape index (κ3) is 3.25. The summed E-state index contributed by atoms with van der Waals surface area (Å²) in [5, 5.41) is 0. The van der Waals surface area contributed by atoms with Gasteiger partial charge in [-0.25, -0.2) is 0 Å². The van der Waals surface area contributed by atoms with Crippen molar-refractivity contribution < 1.29 is 0 Å². The molecule has 0 aromatic heterocycles. The Hall–Kier alpha value is -2.02. The van der Waals surface area contributed by atoms with E-state index in [1.54, 1.807) is 0 Å². The molecule has 0 saturated heterocycles. The van der Waals surface area contributed by atoms with E-state index >= 15 is 0 Å². The maximum Gasteiger partial charge on any atom is 0.0411 e. The van der Waals surface area contributed by atoms with Gasteiger partial charge in [0.05, 0.1) is 0 Å². The lowest BCUT2D eigenvalue weighted by molar-refractivity contribution is 1.02. The quantitative estimate of drug-likeness (QED) is 0.723. The van der Waals surface area contributed by atoms with E-state index in [9.17, 15) is 0 Å². The SMILES string of the molecule is C/C=C/c1ccc(N(CC)c2ccc(C)cc2)cc1. The molecule has 0 aliphatic carbocycles. The summed E-state index contributed by atoms with van der Waals surface area (Å²) in [6.45, 7) is 7.30. The molecular formula is C18H21N. The fourth-order valence-electron chi connectivity index (χ4n) is 2.20. The van der Waals surface area contributed by atoms with Gasteiger partial charge in [-0.1, -0.05) is 42.0 Å². The van der Waals surface area contributed by atoms with Crippen molar-refractivity contribution in [3.63, 3.8) is 0 Å². The van der Waals surface area contributed by atoms with E-state index in [0.29, 0.717) is 0 Å². The monoisotopic (exact) mass is 251 g/mol. The highest BCUT2D eigenvalue weighted by atomic mass is 15.1. The number of hydrogen-bond acceptors (Lipinski definition) is 1. The van der Waals surface area contributed by atoms with Crippen LogP contribution in [-0.2, 0) is 0 Å². The zero-order chi connectivity index (χ0) is 13.7. The molecule has 0 radical (unpaired) electrons. The van der Waals surface area contributed by atoms with Gasteiger partial charge < -0.3 is 4.90 Å². The highest BCUT2D eigenvalue weighted by Gasteiger charge is 2.06. The van der Waals surface area contributed by atoms with Crippen LogP contribution in [0.1, 0.15) is 25.0 Å². The summed E-state index contributed by atoms with van der Waals surface area (Å²) in [6, 6.07) is 17.4. The van der Waals surface area contributed by atoms with Crippen LogP contribution in [0, 0.1) is 6.92 Å². The van der Waals surface area contributed by atoms with Crippen molar-refractivity contribution >= 4 is 17.5 Å². The average molecular weight is 251 g/mol. The summed E-state index contributed by atoms with van der Waals surface area (Å²) in [5.41, 5.74) is 5.01. The Balaban J connectivity index is 2.28. The maximum atomic E-state index is 2.32. The van der Waals surface area contributed by atoms with E-state index in [1.165, 1.54) is 22.5 Å². The van der Waals surface area contributed by atoms with Crippen LogP contribution in [0.25, 0.3) is 6.08 Å². The van der Waals surface area contributed by atoms with Gasteiger partial charge in [0.25, 0.3) is 0 Å². The number of aryl methyl sites for hydroxylation is 1. The first-order valence-corrected chi connectivity index (χ1v) is 6.81. The summed E-state index contributed by atoms with van der Waals surface area (Å²) in [7, 11) is 0. The number of hydrogen-bond donors (Lipinski definition) is 0. The van der Waals surface area contributed by atoms with E-state index in [2.05, 4.69) is 79.4 Å². The molecular weight excluding hydrogens is 230 g/mol. The minimum Gasteiger partial charge on any atom is -0.342 e. The van der Waals surface area contributed by atoms with Crippen molar-refractivity contribution in [2.24, 2.45) is 0 Å². The van der Waals surface area contributed by atoms with Gasteiger partial charge in [-0.05, 0) is 50.6 Å². The Bertz CT molecular complexity index is 535. The lowest BCUT2D eigenvalue weighted by atomic mass is 10.1. The summed E-state index contributed by atoms with van der Waals surface area (Å²) in [6.07, 6.45) is 4.18. The van der Waals surface area contributed by atoms with E-state index in [1.807, 2.05) is 6.92 Å². The molecule has 0 N–H and O–H groups in total.